The molecule has 0 aromatic heterocycles. The van der Waals surface area contributed by atoms with Crippen LogP contribution >= 0.6 is 0 Å². The summed E-state index contributed by atoms with van der Waals surface area (Å²) in [6.07, 6.45) is 1.71. The van der Waals surface area contributed by atoms with Crippen molar-refractivity contribution in [3.63, 3.8) is 0 Å². The average Bonchev–Trinajstić information content (AvgIpc) is 3.13. The first-order valence-corrected chi connectivity index (χ1v) is 9.61. The van der Waals surface area contributed by atoms with Gasteiger partial charge >= 0.3 is 12.1 Å². The number of likely N-dealkylation sites (tertiary alicyclic amines) is 1. The van der Waals surface area contributed by atoms with Crippen LogP contribution in [0.5, 0.6) is 0 Å². The summed E-state index contributed by atoms with van der Waals surface area (Å²) in [4.78, 5) is 37.4. The highest BCUT2D eigenvalue weighted by molar-refractivity contribution is 5.89. The molecule has 0 bridgehead atoms. The van der Waals surface area contributed by atoms with Crippen molar-refractivity contribution in [1.82, 2.24) is 15.5 Å². The summed E-state index contributed by atoms with van der Waals surface area (Å²) in [5, 5.41) is 8.24. The highest BCUT2D eigenvalue weighted by Gasteiger charge is 2.18. The number of hydrogen-bond acceptors (Lipinski definition) is 4. The first-order chi connectivity index (χ1) is 13.2. The number of benzene rings is 1. The van der Waals surface area contributed by atoms with Crippen molar-refractivity contribution < 1.29 is 19.1 Å². The molecule has 0 saturated carbocycles. The summed E-state index contributed by atoms with van der Waals surface area (Å²) < 4.78 is 5.11. The molecule has 2 rings (SSSR count). The quantitative estimate of drug-likeness (QED) is 0.695. The minimum Gasteiger partial charge on any atom is -0.444 e. The molecule has 3 N–H and O–H groups in total. The number of anilines is 1. The third-order valence-electron chi connectivity index (χ3n) is 4.08. The summed E-state index contributed by atoms with van der Waals surface area (Å²) in [6, 6.07) is 7.29. The number of alkyl carbamates (subject to hydrolysis) is 1. The normalized spacial score (nSPS) is 13.8. The molecule has 0 aliphatic carbocycles. The van der Waals surface area contributed by atoms with E-state index in [0.717, 1.165) is 31.5 Å². The SMILES string of the molecule is CC(C)(C)OC(=O)NCCC(=O)NCc1cccc(NC(=O)N2CCCC2)c1. The Hall–Kier alpha value is -2.77. The van der Waals surface area contributed by atoms with Gasteiger partial charge in [-0.05, 0) is 51.3 Å². The number of nitrogens with one attached hydrogen (secondary N) is 3. The smallest absolute Gasteiger partial charge is 0.407 e. The van der Waals surface area contributed by atoms with E-state index in [1.807, 2.05) is 24.3 Å². The number of carbonyl (C=O) groups excluding carboxylic acids is 3. The number of nitrogens with zero attached hydrogens (tertiary/aromatic N) is 1. The second kappa shape index (κ2) is 9.96. The van der Waals surface area contributed by atoms with Crippen LogP contribution in [0.1, 0.15) is 45.6 Å². The maximum atomic E-state index is 12.2. The lowest BCUT2D eigenvalue weighted by Gasteiger charge is -2.19. The van der Waals surface area contributed by atoms with E-state index < -0.39 is 11.7 Å². The Balaban J connectivity index is 1.71. The van der Waals surface area contributed by atoms with Crippen LogP contribution < -0.4 is 16.0 Å². The Morgan fingerprint density at radius 2 is 1.82 bits per heavy atom. The third-order valence-corrected chi connectivity index (χ3v) is 4.08. The van der Waals surface area contributed by atoms with E-state index >= 15 is 0 Å². The third kappa shape index (κ3) is 7.85. The van der Waals surface area contributed by atoms with E-state index in [0.29, 0.717) is 12.2 Å². The fourth-order valence-corrected chi connectivity index (χ4v) is 2.76. The van der Waals surface area contributed by atoms with E-state index in [9.17, 15) is 14.4 Å². The van der Waals surface area contributed by atoms with Gasteiger partial charge in [0, 0.05) is 38.3 Å². The molecule has 1 fully saturated rings. The zero-order chi connectivity index (χ0) is 20.6. The minimum atomic E-state index is -0.568. The van der Waals surface area contributed by atoms with Crippen molar-refractivity contribution in [2.45, 2.75) is 52.2 Å². The van der Waals surface area contributed by atoms with E-state index in [2.05, 4.69) is 16.0 Å². The number of carbonyl (C=O) groups is 3. The van der Waals surface area contributed by atoms with Crippen LogP contribution in [0.2, 0.25) is 0 Å². The number of urea groups is 1. The van der Waals surface area contributed by atoms with Crippen molar-refractivity contribution in [2.24, 2.45) is 0 Å². The molecule has 28 heavy (non-hydrogen) atoms. The molecular formula is C20H30N4O4. The highest BCUT2D eigenvalue weighted by Crippen LogP contribution is 2.14. The molecule has 1 aliphatic rings. The second-order valence-corrected chi connectivity index (χ2v) is 7.78. The molecule has 0 unspecified atom stereocenters. The molecule has 1 aliphatic heterocycles. The van der Waals surface area contributed by atoms with Gasteiger partial charge in [0.2, 0.25) is 5.91 Å². The van der Waals surface area contributed by atoms with Crippen molar-refractivity contribution >= 4 is 23.7 Å². The number of ether oxygens (including phenoxy) is 1. The lowest BCUT2D eigenvalue weighted by molar-refractivity contribution is -0.121. The van der Waals surface area contributed by atoms with E-state index in [1.54, 1.807) is 25.7 Å². The predicted octanol–water partition coefficient (Wildman–Crippen LogP) is 2.85. The number of amides is 4. The molecule has 8 nitrogen and oxygen atoms in total. The van der Waals surface area contributed by atoms with Gasteiger partial charge in [-0.15, -0.1) is 0 Å². The first-order valence-electron chi connectivity index (χ1n) is 9.61. The maximum absolute atomic E-state index is 12.2. The molecule has 0 radical (unpaired) electrons. The molecule has 4 amide bonds. The van der Waals surface area contributed by atoms with Crippen LogP contribution in [0.15, 0.2) is 24.3 Å². The highest BCUT2D eigenvalue weighted by atomic mass is 16.6. The molecule has 1 saturated heterocycles. The van der Waals surface area contributed by atoms with Crippen LogP contribution in [0.3, 0.4) is 0 Å². The summed E-state index contributed by atoms with van der Waals surface area (Å²) in [6.45, 7) is 7.46. The van der Waals surface area contributed by atoms with Gasteiger partial charge in [0.25, 0.3) is 0 Å². The predicted molar refractivity (Wildman–Crippen MR) is 107 cm³/mol. The monoisotopic (exact) mass is 390 g/mol. The Bertz CT molecular complexity index is 694. The Morgan fingerprint density at radius 1 is 1.11 bits per heavy atom. The van der Waals surface area contributed by atoms with Crippen molar-refractivity contribution in [2.75, 3.05) is 25.0 Å². The molecule has 1 aromatic rings. The molecule has 1 heterocycles. The van der Waals surface area contributed by atoms with Gasteiger partial charge in [-0.2, -0.15) is 0 Å². The van der Waals surface area contributed by atoms with Crippen LogP contribution in [-0.2, 0) is 16.1 Å². The van der Waals surface area contributed by atoms with Crippen LogP contribution in [0.4, 0.5) is 15.3 Å². The van der Waals surface area contributed by atoms with E-state index in [4.69, 9.17) is 4.74 Å². The fraction of sp³-hybridized carbons (Fsp3) is 0.550. The Kier molecular flexibility index (Phi) is 7.66. The maximum Gasteiger partial charge on any atom is 0.407 e. The number of hydrogen-bond donors (Lipinski definition) is 3. The van der Waals surface area contributed by atoms with Crippen LogP contribution in [-0.4, -0.2) is 48.2 Å². The van der Waals surface area contributed by atoms with Crippen molar-refractivity contribution in [3.8, 4) is 0 Å². The largest absolute Gasteiger partial charge is 0.444 e. The molecule has 0 spiro atoms. The van der Waals surface area contributed by atoms with Gasteiger partial charge in [-0.25, -0.2) is 9.59 Å². The van der Waals surface area contributed by atoms with Gasteiger partial charge in [0.1, 0.15) is 5.60 Å². The van der Waals surface area contributed by atoms with Gasteiger partial charge in [0.15, 0.2) is 0 Å². The summed E-state index contributed by atoms with van der Waals surface area (Å²) in [7, 11) is 0. The fourth-order valence-electron chi connectivity index (χ4n) is 2.76. The van der Waals surface area contributed by atoms with Crippen LogP contribution in [0, 0.1) is 0 Å². The first kappa shape index (κ1) is 21.5. The average molecular weight is 390 g/mol. The molecule has 1 aromatic carbocycles. The standard InChI is InChI=1S/C20H30N4O4/c1-20(2,3)28-19(27)21-10-9-17(25)22-14-15-7-6-8-16(13-15)23-18(26)24-11-4-5-12-24/h6-8,13H,4-5,9-12,14H2,1-3H3,(H,21,27)(H,22,25)(H,23,26). The Labute approximate surface area is 166 Å². The molecule has 154 valence electrons. The van der Waals surface area contributed by atoms with Crippen LogP contribution in [0.25, 0.3) is 0 Å². The minimum absolute atomic E-state index is 0.0908. The molecule has 0 atom stereocenters. The van der Waals surface area contributed by atoms with Gasteiger partial charge in [-0.3, -0.25) is 4.79 Å². The van der Waals surface area contributed by atoms with Gasteiger partial charge < -0.3 is 25.6 Å². The lowest BCUT2D eigenvalue weighted by Crippen LogP contribution is -2.35. The number of rotatable bonds is 6. The lowest BCUT2D eigenvalue weighted by atomic mass is 10.2. The van der Waals surface area contributed by atoms with Gasteiger partial charge in [0.05, 0.1) is 0 Å². The summed E-state index contributed by atoms with van der Waals surface area (Å²) >= 11 is 0. The van der Waals surface area contributed by atoms with Crippen molar-refractivity contribution in [1.29, 1.82) is 0 Å². The Morgan fingerprint density at radius 3 is 2.50 bits per heavy atom. The summed E-state index contributed by atoms with van der Waals surface area (Å²) in [5.41, 5.74) is 1.02. The van der Waals surface area contributed by atoms with Crippen molar-refractivity contribution in [3.05, 3.63) is 29.8 Å². The van der Waals surface area contributed by atoms with Gasteiger partial charge in [-0.1, -0.05) is 12.1 Å². The van der Waals surface area contributed by atoms with E-state index in [-0.39, 0.29) is 24.9 Å². The zero-order valence-corrected chi connectivity index (χ0v) is 16.8. The zero-order valence-electron chi connectivity index (χ0n) is 16.8. The second-order valence-electron chi connectivity index (χ2n) is 7.78. The topological polar surface area (TPSA) is 99.8 Å². The van der Waals surface area contributed by atoms with E-state index in [1.165, 1.54) is 0 Å². The summed E-state index contributed by atoms with van der Waals surface area (Å²) in [5.74, 6) is -0.178. The molecular weight excluding hydrogens is 360 g/mol. The molecule has 8 heteroatoms.